The Bertz CT molecular complexity index is 1000. The summed E-state index contributed by atoms with van der Waals surface area (Å²) in [7, 11) is 0. The molecule has 1 unspecified atom stereocenters. The Labute approximate surface area is 162 Å². The smallest absolute Gasteiger partial charge is 0.238 e. The third-order valence-electron chi connectivity index (χ3n) is 5.39. The molecule has 27 heavy (non-hydrogen) atoms. The van der Waals surface area contributed by atoms with Gasteiger partial charge in [0.25, 0.3) is 0 Å². The average Bonchev–Trinajstić information content (AvgIpc) is 3.07. The number of rotatable bonds is 4. The molecule has 0 saturated carbocycles. The van der Waals surface area contributed by atoms with Crippen molar-refractivity contribution >= 4 is 28.3 Å². The maximum absolute atomic E-state index is 15.0. The van der Waals surface area contributed by atoms with Crippen LogP contribution in [0.3, 0.4) is 0 Å². The van der Waals surface area contributed by atoms with Crippen molar-refractivity contribution in [1.29, 1.82) is 0 Å². The highest BCUT2D eigenvalue weighted by Gasteiger charge is 2.29. The van der Waals surface area contributed by atoms with E-state index >= 15 is 4.39 Å². The van der Waals surface area contributed by atoms with Gasteiger partial charge in [-0.25, -0.2) is 9.37 Å². The molecule has 0 fully saturated rings. The number of alkyl halides is 1. The van der Waals surface area contributed by atoms with Crippen LogP contribution < -0.4 is 0 Å². The molecular weight excluding hydrogens is 365 g/mol. The number of fused-ring (bicyclic) bond motifs is 2. The molecule has 0 spiro atoms. The minimum Gasteiger partial charge on any atom is -0.332 e. The summed E-state index contributed by atoms with van der Waals surface area (Å²) < 4.78 is 17.2. The zero-order chi connectivity index (χ0) is 19.0. The Morgan fingerprint density at radius 3 is 2.96 bits per heavy atom. The molecular formula is C21H21ClFN3O. The molecule has 4 nitrogen and oxygen atoms in total. The second-order valence-electron chi connectivity index (χ2n) is 7.03. The van der Waals surface area contributed by atoms with Crippen molar-refractivity contribution in [2.45, 2.75) is 38.9 Å². The van der Waals surface area contributed by atoms with E-state index in [2.05, 4.69) is 9.55 Å². The average molecular weight is 386 g/mol. The monoisotopic (exact) mass is 385 g/mol. The van der Waals surface area contributed by atoms with Gasteiger partial charge in [-0.05, 0) is 18.7 Å². The topological polar surface area (TPSA) is 38.1 Å². The third-order valence-corrected chi connectivity index (χ3v) is 5.62. The standard InChI is InChI=1S/C21H21ClFN3O/c1-14-11-24-19-9-8-17(13-25(14)19)26(20(27)10-22)12-16-7-6-15-4-2-3-5-18(15)21(16)23/h2-7,11,17H,8-10,12-13H2,1H3. The summed E-state index contributed by atoms with van der Waals surface area (Å²) in [6.45, 7) is 2.89. The lowest BCUT2D eigenvalue weighted by atomic mass is 10.0. The second-order valence-corrected chi connectivity index (χ2v) is 7.30. The highest BCUT2D eigenvalue weighted by Crippen LogP contribution is 2.26. The fourth-order valence-electron chi connectivity index (χ4n) is 3.89. The zero-order valence-electron chi connectivity index (χ0n) is 15.2. The number of hydrogen-bond donors (Lipinski definition) is 0. The number of aromatic nitrogens is 2. The summed E-state index contributed by atoms with van der Waals surface area (Å²) in [4.78, 5) is 18.7. The third kappa shape index (κ3) is 3.32. The number of aryl methyl sites for hydroxylation is 2. The molecule has 0 saturated heterocycles. The number of nitrogens with zero attached hydrogens (tertiary/aromatic N) is 3. The van der Waals surface area contributed by atoms with Gasteiger partial charge >= 0.3 is 0 Å². The Morgan fingerprint density at radius 1 is 1.33 bits per heavy atom. The first kappa shape index (κ1) is 18.0. The minimum absolute atomic E-state index is 0.0254. The highest BCUT2D eigenvalue weighted by molar-refractivity contribution is 6.27. The van der Waals surface area contributed by atoms with E-state index < -0.39 is 0 Å². The number of carbonyl (C=O) groups is 1. The number of imidazole rings is 1. The van der Waals surface area contributed by atoms with E-state index in [0.29, 0.717) is 17.5 Å². The number of hydrogen-bond acceptors (Lipinski definition) is 2. The van der Waals surface area contributed by atoms with Crippen molar-refractivity contribution in [2.24, 2.45) is 0 Å². The maximum atomic E-state index is 15.0. The van der Waals surface area contributed by atoms with Gasteiger partial charge in [-0.15, -0.1) is 11.6 Å². The number of halogens is 2. The van der Waals surface area contributed by atoms with Crippen LogP contribution in [-0.2, 0) is 24.3 Å². The Kier molecular flexibility index (Phi) is 4.87. The molecule has 6 heteroatoms. The van der Waals surface area contributed by atoms with Crippen molar-refractivity contribution < 1.29 is 9.18 Å². The molecule has 1 aliphatic rings. The maximum Gasteiger partial charge on any atom is 0.238 e. The summed E-state index contributed by atoms with van der Waals surface area (Å²) in [6.07, 6.45) is 3.45. The molecule has 0 bridgehead atoms. The van der Waals surface area contributed by atoms with E-state index in [1.165, 1.54) is 0 Å². The summed E-state index contributed by atoms with van der Waals surface area (Å²) >= 11 is 5.87. The first-order valence-electron chi connectivity index (χ1n) is 9.11. The molecule has 4 rings (SSSR count). The van der Waals surface area contributed by atoms with Crippen molar-refractivity contribution in [3.8, 4) is 0 Å². The molecule has 0 radical (unpaired) electrons. The lowest BCUT2D eigenvalue weighted by Crippen LogP contribution is -2.45. The lowest BCUT2D eigenvalue weighted by Gasteiger charge is -2.35. The Balaban J connectivity index is 1.65. The van der Waals surface area contributed by atoms with Crippen molar-refractivity contribution in [3.05, 3.63) is 65.5 Å². The highest BCUT2D eigenvalue weighted by atomic mass is 35.5. The first-order valence-corrected chi connectivity index (χ1v) is 9.64. The van der Waals surface area contributed by atoms with Crippen LogP contribution in [0.1, 0.15) is 23.5 Å². The van der Waals surface area contributed by atoms with Gasteiger partial charge in [0.2, 0.25) is 5.91 Å². The predicted molar refractivity (Wildman–Crippen MR) is 104 cm³/mol. The molecule has 0 N–H and O–H groups in total. The number of benzene rings is 2. The van der Waals surface area contributed by atoms with Gasteiger partial charge in [-0.3, -0.25) is 4.79 Å². The van der Waals surface area contributed by atoms with E-state index in [0.717, 1.165) is 29.7 Å². The molecule has 1 amide bonds. The van der Waals surface area contributed by atoms with Gasteiger partial charge in [0.1, 0.15) is 17.5 Å². The second kappa shape index (κ2) is 7.31. The van der Waals surface area contributed by atoms with Crippen LogP contribution in [-0.4, -0.2) is 32.3 Å². The summed E-state index contributed by atoms with van der Waals surface area (Å²) in [6, 6.07) is 11.0. The van der Waals surface area contributed by atoms with Crippen molar-refractivity contribution in [3.63, 3.8) is 0 Å². The van der Waals surface area contributed by atoms with Crippen LogP contribution >= 0.6 is 11.6 Å². The Hall–Kier alpha value is -2.40. The van der Waals surface area contributed by atoms with Crippen LogP contribution in [0.25, 0.3) is 10.8 Å². The van der Waals surface area contributed by atoms with Crippen LogP contribution in [0.4, 0.5) is 4.39 Å². The molecule has 1 aromatic heterocycles. The van der Waals surface area contributed by atoms with Gasteiger partial charge in [-0.1, -0.05) is 36.4 Å². The fourth-order valence-corrected chi connectivity index (χ4v) is 4.05. The van der Waals surface area contributed by atoms with E-state index in [4.69, 9.17) is 11.6 Å². The Morgan fingerprint density at radius 2 is 2.15 bits per heavy atom. The molecule has 3 aromatic rings. The van der Waals surface area contributed by atoms with E-state index in [-0.39, 0.29) is 30.2 Å². The molecule has 1 aliphatic heterocycles. The van der Waals surface area contributed by atoms with Gasteiger partial charge in [0.05, 0.1) is 6.04 Å². The molecule has 2 heterocycles. The van der Waals surface area contributed by atoms with Gasteiger partial charge < -0.3 is 9.47 Å². The number of carbonyl (C=O) groups excluding carboxylic acids is 1. The van der Waals surface area contributed by atoms with E-state index in [1.807, 2.05) is 37.4 Å². The van der Waals surface area contributed by atoms with Crippen LogP contribution in [0.5, 0.6) is 0 Å². The first-order chi connectivity index (χ1) is 13.1. The molecule has 0 aliphatic carbocycles. The largest absolute Gasteiger partial charge is 0.332 e. The zero-order valence-corrected chi connectivity index (χ0v) is 15.9. The van der Waals surface area contributed by atoms with Gasteiger partial charge in [0, 0.05) is 42.4 Å². The quantitative estimate of drug-likeness (QED) is 0.635. The van der Waals surface area contributed by atoms with Crippen LogP contribution in [0, 0.1) is 12.7 Å². The van der Waals surface area contributed by atoms with E-state index in [9.17, 15) is 4.79 Å². The SMILES string of the molecule is Cc1cnc2n1CC(N(Cc1ccc3ccccc3c1F)C(=O)CCl)CC2. The van der Waals surface area contributed by atoms with Crippen molar-refractivity contribution in [2.75, 3.05) is 5.88 Å². The van der Waals surface area contributed by atoms with Crippen molar-refractivity contribution in [1.82, 2.24) is 14.5 Å². The van der Waals surface area contributed by atoms with Gasteiger partial charge in [0.15, 0.2) is 0 Å². The summed E-state index contributed by atoms with van der Waals surface area (Å²) in [5.74, 6) is 0.492. The summed E-state index contributed by atoms with van der Waals surface area (Å²) in [5, 5.41) is 1.43. The molecule has 1 atom stereocenters. The summed E-state index contributed by atoms with van der Waals surface area (Å²) in [5.41, 5.74) is 1.59. The predicted octanol–water partition coefficient (Wildman–Crippen LogP) is 4.07. The van der Waals surface area contributed by atoms with Crippen LogP contribution in [0.2, 0.25) is 0 Å². The normalized spacial score (nSPS) is 16.3. The molecule has 140 valence electrons. The van der Waals surface area contributed by atoms with Crippen LogP contribution in [0.15, 0.2) is 42.6 Å². The van der Waals surface area contributed by atoms with E-state index in [1.54, 1.807) is 17.0 Å². The number of amides is 1. The fraction of sp³-hybridized carbons (Fsp3) is 0.333. The lowest BCUT2D eigenvalue weighted by molar-refractivity contribution is -0.132. The van der Waals surface area contributed by atoms with Gasteiger partial charge in [-0.2, -0.15) is 0 Å². The minimum atomic E-state index is -0.268. The molecule has 2 aromatic carbocycles.